The fourth-order valence-electron chi connectivity index (χ4n) is 6.62. The molecule has 0 saturated heterocycles. The van der Waals surface area contributed by atoms with Gasteiger partial charge in [-0.3, -0.25) is 0 Å². The molecule has 0 radical (unpaired) electrons. The van der Waals surface area contributed by atoms with Gasteiger partial charge in [0, 0.05) is 17.1 Å². The van der Waals surface area contributed by atoms with E-state index in [-0.39, 0.29) is 32.9 Å². The van der Waals surface area contributed by atoms with E-state index in [4.69, 9.17) is 0 Å². The first-order valence-electron chi connectivity index (χ1n) is 14.9. The third-order valence-corrected chi connectivity index (χ3v) is 15.3. The van der Waals surface area contributed by atoms with Crippen molar-refractivity contribution in [2.45, 2.75) is 81.2 Å². The van der Waals surface area contributed by atoms with Crippen molar-refractivity contribution in [2.24, 2.45) is 0 Å². The fourth-order valence-corrected chi connectivity index (χ4v) is 14.3. The third kappa shape index (κ3) is 8.75. The molecule has 0 amide bonds. The molecule has 6 rings (SSSR count). The molecule has 4 aromatic rings. The molecule has 2 aliphatic rings. The molecule has 1 atom stereocenters. The van der Waals surface area contributed by atoms with Crippen LogP contribution in [0.2, 0.25) is 0 Å². The molecule has 0 N–H and O–H groups in total. The second kappa shape index (κ2) is 16.7. The van der Waals surface area contributed by atoms with Crippen LogP contribution in [0.1, 0.15) is 75.4 Å². The normalized spacial score (nSPS) is 17.3. The Morgan fingerprint density at radius 2 is 1.00 bits per heavy atom. The molecule has 212 valence electrons. The first-order valence-corrected chi connectivity index (χ1v) is 18.0. The van der Waals surface area contributed by atoms with Gasteiger partial charge in [0.15, 0.2) is 0 Å². The van der Waals surface area contributed by atoms with Crippen molar-refractivity contribution < 1.29 is 17.1 Å². The van der Waals surface area contributed by atoms with Crippen molar-refractivity contribution in [3.05, 3.63) is 121 Å². The van der Waals surface area contributed by atoms with E-state index in [9.17, 15) is 0 Å². The average molecular weight is 595 g/mol. The number of hydrogen-bond acceptors (Lipinski definition) is 0. The van der Waals surface area contributed by atoms with Gasteiger partial charge in [0.1, 0.15) is 0 Å². The number of rotatable bonds is 8. The predicted molar refractivity (Wildman–Crippen MR) is 171 cm³/mol. The van der Waals surface area contributed by atoms with Crippen molar-refractivity contribution in [2.75, 3.05) is 6.16 Å². The Morgan fingerprint density at radius 3 is 1.41 bits per heavy atom. The monoisotopic (exact) mass is 594 g/mol. The molecule has 39 heavy (non-hydrogen) atoms. The van der Waals surface area contributed by atoms with E-state index in [1.807, 2.05) is 30.3 Å². The zero-order valence-electron chi connectivity index (χ0n) is 23.2. The molecule has 0 heterocycles. The maximum atomic E-state index is 2.47. The van der Waals surface area contributed by atoms with E-state index in [2.05, 4.69) is 84.9 Å². The predicted octanol–water partition coefficient (Wildman–Crippen LogP) is 10.1. The zero-order chi connectivity index (χ0) is 25.8. The van der Waals surface area contributed by atoms with Gasteiger partial charge in [0.2, 0.25) is 0 Å². The van der Waals surface area contributed by atoms with Gasteiger partial charge in [-0.05, 0) is 67.4 Å². The second-order valence-corrected chi connectivity index (χ2v) is 16.2. The van der Waals surface area contributed by atoms with Crippen molar-refractivity contribution in [1.82, 2.24) is 0 Å². The molecule has 0 nitrogen and oxygen atoms in total. The minimum Gasteiger partial charge on any atom is -0.748 e. The summed E-state index contributed by atoms with van der Waals surface area (Å²) in [5.41, 5.74) is 4.37. The van der Waals surface area contributed by atoms with Crippen molar-refractivity contribution in [3.63, 3.8) is 0 Å². The zero-order valence-corrected chi connectivity index (χ0v) is 26.1. The van der Waals surface area contributed by atoms with E-state index >= 15 is 0 Å². The second-order valence-electron chi connectivity index (χ2n) is 11.0. The number of benzene rings is 2. The summed E-state index contributed by atoms with van der Waals surface area (Å²) >= 11 is 0. The largest absolute Gasteiger partial charge is 0.748 e. The van der Waals surface area contributed by atoms with Crippen LogP contribution in [0, 0.1) is 0 Å². The van der Waals surface area contributed by atoms with Crippen molar-refractivity contribution in [1.29, 1.82) is 0 Å². The molecular formula is C36H44FeP2-6. The maximum Gasteiger partial charge on any atom is 0 e. The molecule has 0 spiro atoms. The van der Waals surface area contributed by atoms with Crippen molar-refractivity contribution >= 4 is 26.5 Å². The topological polar surface area (TPSA) is 0 Å². The third-order valence-electron chi connectivity index (χ3n) is 8.47. The molecule has 0 aliphatic heterocycles. The van der Waals surface area contributed by atoms with Gasteiger partial charge in [-0.25, -0.2) is 12.1 Å². The summed E-state index contributed by atoms with van der Waals surface area (Å²) in [6.45, 7) is 0. The van der Waals surface area contributed by atoms with Crippen LogP contribution in [0.5, 0.6) is 0 Å². The van der Waals surface area contributed by atoms with Gasteiger partial charge in [0.25, 0.3) is 0 Å². The molecule has 0 bridgehead atoms. The van der Waals surface area contributed by atoms with Gasteiger partial charge in [-0.2, -0.15) is 12.1 Å². The molecule has 2 saturated carbocycles. The number of hydrogen-bond donors (Lipinski definition) is 0. The van der Waals surface area contributed by atoms with Crippen LogP contribution < -0.4 is 10.6 Å². The summed E-state index contributed by atoms with van der Waals surface area (Å²) in [6.07, 6.45) is 16.1. The van der Waals surface area contributed by atoms with Gasteiger partial charge < -0.3 is 30.3 Å². The molecular weight excluding hydrogens is 550 g/mol. The Bertz CT molecular complexity index is 1040. The van der Waals surface area contributed by atoms with Crippen LogP contribution in [-0.2, 0) is 17.1 Å². The van der Waals surface area contributed by atoms with Gasteiger partial charge in [-0.1, -0.05) is 99.2 Å². The molecule has 2 fully saturated rings. The van der Waals surface area contributed by atoms with E-state index in [1.165, 1.54) is 70.4 Å². The van der Waals surface area contributed by atoms with E-state index in [0.29, 0.717) is 0 Å². The van der Waals surface area contributed by atoms with Crippen LogP contribution in [0.25, 0.3) is 0 Å². The van der Waals surface area contributed by atoms with Gasteiger partial charge >= 0.3 is 0 Å². The van der Waals surface area contributed by atoms with E-state index in [1.54, 1.807) is 16.2 Å². The summed E-state index contributed by atoms with van der Waals surface area (Å²) < 4.78 is 0. The molecule has 4 aromatic carbocycles. The Morgan fingerprint density at radius 1 is 0.590 bits per heavy atom. The van der Waals surface area contributed by atoms with Gasteiger partial charge in [0.05, 0.1) is 0 Å². The first kappa shape index (κ1) is 30.5. The molecule has 2 aliphatic carbocycles. The summed E-state index contributed by atoms with van der Waals surface area (Å²) in [7, 11) is -0.361. The van der Waals surface area contributed by atoms with Crippen LogP contribution in [-0.4, -0.2) is 17.5 Å². The smallest absolute Gasteiger partial charge is 0 e. The van der Waals surface area contributed by atoms with E-state index < -0.39 is 0 Å². The Kier molecular flexibility index (Phi) is 13.1. The fraction of sp³-hybridized carbons (Fsp3) is 0.389. The van der Waals surface area contributed by atoms with Crippen LogP contribution in [0.3, 0.4) is 0 Å². The van der Waals surface area contributed by atoms with Crippen LogP contribution in [0.15, 0.2) is 115 Å². The Labute approximate surface area is 250 Å². The average Bonchev–Trinajstić information content (AvgIpc) is 3.75. The SMILES string of the molecule is [Fe].[cH-]1[cH-][cH-][cH-][cH-]1.c1ccc(P(CC([c-]2cccc2)P(C2CCCCC2)C2CCCCC2)c2ccccc2)cc1. The quantitative estimate of drug-likeness (QED) is 0.108. The Balaban J connectivity index is 0.000000530. The Hall–Kier alpha value is -1.48. The van der Waals surface area contributed by atoms with E-state index in [0.717, 1.165) is 17.0 Å². The summed E-state index contributed by atoms with van der Waals surface area (Å²) in [5.74, 6) is 0. The summed E-state index contributed by atoms with van der Waals surface area (Å²) in [4.78, 5) is 0. The minimum atomic E-state index is -0.353. The molecule has 1 unspecified atom stereocenters. The molecule has 0 aromatic heterocycles. The van der Waals surface area contributed by atoms with Crippen molar-refractivity contribution in [3.8, 4) is 0 Å². The van der Waals surface area contributed by atoms with Crippen LogP contribution >= 0.6 is 15.8 Å². The maximum absolute atomic E-state index is 2.47. The van der Waals surface area contributed by atoms with Gasteiger partial charge in [-0.15, -0.1) is 13.5 Å². The minimum absolute atomic E-state index is 0. The summed E-state index contributed by atoms with van der Waals surface area (Å²) in [5, 5.41) is 3.11. The summed E-state index contributed by atoms with van der Waals surface area (Å²) in [6, 6.07) is 42.4. The standard InChI is InChI=1S/C31H39P2.C5H5.Fe/c1-5-17-27(18-6-1)32(28-19-7-2-8-20-28)25-31(26-15-13-14-16-26)33(29-21-9-3-10-22-29)30-23-11-4-12-24-30;1-2-4-5-3-1;/h1-2,5-8,13-20,29-31H,3-4,9-12,21-25H2;1-5H;/q-1;-5;. The molecule has 3 heteroatoms. The van der Waals surface area contributed by atoms with Crippen LogP contribution in [0.4, 0.5) is 0 Å². The first-order chi connectivity index (χ1) is 18.9.